The zero-order chi connectivity index (χ0) is 18.4. The van der Waals surface area contributed by atoms with Crippen LogP contribution >= 0.6 is 11.6 Å². The number of hydrogen-bond acceptors (Lipinski definition) is 4. The minimum Gasteiger partial charge on any atom is -0.505 e. The van der Waals surface area contributed by atoms with Gasteiger partial charge in [-0.15, -0.1) is 0 Å². The quantitative estimate of drug-likeness (QED) is 0.840. The zero-order valence-corrected chi connectivity index (χ0v) is 15.0. The number of aliphatic hydroxyl groups excluding tert-OH is 1. The van der Waals surface area contributed by atoms with Gasteiger partial charge in [0.05, 0.1) is 4.90 Å². The molecule has 0 fully saturated rings. The van der Waals surface area contributed by atoms with Crippen molar-refractivity contribution in [3.8, 4) is 0 Å². The van der Waals surface area contributed by atoms with E-state index in [2.05, 4.69) is 5.32 Å². The summed E-state index contributed by atoms with van der Waals surface area (Å²) in [7, 11) is -2.71. The predicted octanol–water partition coefficient (Wildman–Crippen LogP) is 3.15. The molecule has 8 heteroatoms. The van der Waals surface area contributed by atoms with Crippen LogP contribution in [-0.2, 0) is 14.8 Å². The number of hydrogen-bond donors (Lipinski definition) is 2. The molecule has 1 amide bonds. The van der Waals surface area contributed by atoms with Gasteiger partial charge in [-0.05, 0) is 36.8 Å². The van der Waals surface area contributed by atoms with E-state index in [1.807, 2.05) is 6.92 Å². The third-order valence-electron chi connectivity index (χ3n) is 3.96. The number of sulfonamides is 1. The summed E-state index contributed by atoms with van der Waals surface area (Å²) < 4.78 is 26.0. The number of nitrogens with zero attached hydrogens (tertiary/aromatic N) is 1. The van der Waals surface area contributed by atoms with Crippen LogP contribution in [0.3, 0.4) is 0 Å². The minimum absolute atomic E-state index is 0.0510. The number of benzene rings is 2. The van der Waals surface area contributed by atoms with Crippen molar-refractivity contribution in [2.75, 3.05) is 12.4 Å². The second-order valence-electron chi connectivity index (χ2n) is 5.58. The van der Waals surface area contributed by atoms with Crippen molar-refractivity contribution in [3.63, 3.8) is 0 Å². The highest BCUT2D eigenvalue weighted by molar-refractivity contribution is 7.89. The normalized spacial score (nSPS) is 15.7. The lowest BCUT2D eigenvalue weighted by molar-refractivity contribution is -0.113. The third kappa shape index (κ3) is 2.85. The number of likely N-dealkylation sites (N-methyl/N-ethyl adjacent to an activating group) is 1. The summed E-state index contributed by atoms with van der Waals surface area (Å²) in [4.78, 5) is 12.6. The number of carbonyl (C=O) groups is 1. The van der Waals surface area contributed by atoms with Crippen LogP contribution in [0.5, 0.6) is 0 Å². The third-order valence-corrected chi connectivity index (χ3v) is 6.19. The Morgan fingerprint density at radius 3 is 2.56 bits per heavy atom. The van der Waals surface area contributed by atoms with E-state index in [0.29, 0.717) is 10.7 Å². The summed E-state index contributed by atoms with van der Waals surface area (Å²) in [6.07, 6.45) is 0. The maximum Gasteiger partial charge on any atom is 0.276 e. The highest BCUT2D eigenvalue weighted by Gasteiger charge is 2.37. The predicted molar refractivity (Wildman–Crippen MR) is 95.8 cm³/mol. The van der Waals surface area contributed by atoms with E-state index in [4.69, 9.17) is 11.6 Å². The lowest BCUT2D eigenvalue weighted by Crippen LogP contribution is -2.37. The molecule has 0 bridgehead atoms. The fourth-order valence-corrected chi connectivity index (χ4v) is 4.12. The second-order valence-corrected chi connectivity index (χ2v) is 7.93. The van der Waals surface area contributed by atoms with Crippen molar-refractivity contribution in [1.29, 1.82) is 0 Å². The Kier molecular flexibility index (Phi) is 4.22. The summed E-state index contributed by atoms with van der Waals surface area (Å²) in [6.45, 7) is 1.82. The first kappa shape index (κ1) is 17.3. The number of fused-ring (bicyclic) bond motifs is 1. The second kappa shape index (κ2) is 6.09. The average molecular weight is 379 g/mol. The molecule has 25 heavy (non-hydrogen) atoms. The molecule has 6 nitrogen and oxygen atoms in total. The molecular weight excluding hydrogens is 364 g/mol. The number of aryl methyl sites for hydroxylation is 1. The first-order valence-corrected chi connectivity index (χ1v) is 9.14. The summed E-state index contributed by atoms with van der Waals surface area (Å²) in [6, 6.07) is 10.9. The zero-order valence-electron chi connectivity index (χ0n) is 13.4. The summed E-state index contributed by atoms with van der Waals surface area (Å²) in [5.41, 5.74) is 0.974. The van der Waals surface area contributed by atoms with Crippen molar-refractivity contribution in [3.05, 3.63) is 64.3 Å². The fourth-order valence-electron chi connectivity index (χ4n) is 2.54. The fraction of sp³-hybridized carbons (Fsp3) is 0.118. The van der Waals surface area contributed by atoms with Gasteiger partial charge in [0.1, 0.15) is 0 Å². The van der Waals surface area contributed by atoms with Gasteiger partial charge in [0.25, 0.3) is 15.9 Å². The van der Waals surface area contributed by atoms with Crippen LogP contribution in [0.25, 0.3) is 5.76 Å². The standard InChI is InChI=1S/C17H15ClN2O4S/c1-10-7-8-11(9-13(10)18)19-17(22)15-16(21)12-5-3-4-6-14(12)25(23,24)20(15)2/h3-9,21H,1-2H3,(H,19,22). The number of rotatable bonds is 2. The van der Waals surface area contributed by atoms with Crippen molar-refractivity contribution in [2.24, 2.45) is 0 Å². The highest BCUT2D eigenvalue weighted by Crippen LogP contribution is 2.34. The molecule has 2 N–H and O–H groups in total. The van der Waals surface area contributed by atoms with E-state index >= 15 is 0 Å². The molecule has 0 saturated heterocycles. The first-order valence-electron chi connectivity index (χ1n) is 7.32. The summed E-state index contributed by atoms with van der Waals surface area (Å²) in [5, 5.41) is 13.5. The molecule has 2 aromatic carbocycles. The van der Waals surface area contributed by atoms with Crippen LogP contribution in [0.4, 0.5) is 5.69 Å². The van der Waals surface area contributed by atoms with E-state index < -0.39 is 21.7 Å². The SMILES string of the molecule is Cc1ccc(NC(=O)C2=C(O)c3ccccc3S(=O)(=O)N2C)cc1Cl. The van der Waals surface area contributed by atoms with Crippen molar-refractivity contribution < 1.29 is 18.3 Å². The Bertz CT molecular complexity index is 1020. The molecule has 3 rings (SSSR count). The molecule has 0 aromatic heterocycles. The molecule has 1 heterocycles. The number of aliphatic hydroxyl groups is 1. The molecule has 0 atom stereocenters. The van der Waals surface area contributed by atoms with Crippen LogP contribution in [0.1, 0.15) is 11.1 Å². The molecule has 0 saturated carbocycles. The Hall–Kier alpha value is -2.51. The molecule has 1 aliphatic rings. The van der Waals surface area contributed by atoms with Crippen LogP contribution in [0, 0.1) is 6.92 Å². The molecule has 1 aliphatic heterocycles. The molecule has 0 spiro atoms. The molecule has 2 aromatic rings. The van der Waals surface area contributed by atoms with Gasteiger partial charge in [-0.1, -0.05) is 29.8 Å². The first-order chi connectivity index (χ1) is 11.7. The van der Waals surface area contributed by atoms with Gasteiger partial charge >= 0.3 is 0 Å². The van der Waals surface area contributed by atoms with Crippen molar-refractivity contribution in [2.45, 2.75) is 11.8 Å². The van der Waals surface area contributed by atoms with Crippen LogP contribution in [0.15, 0.2) is 53.1 Å². The maximum absolute atomic E-state index is 12.6. The van der Waals surface area contributed by atoms with E-state index in [1.165, 1.54) is 19.2 Å². The van der Waals surface area contributed by atoms with Gasteiger partial charge in [0.2, 0.25) is 0 Å². The highest BCUT2D eigenvalue weighted by atomic mass is 35.5. The van der Waals surface area contributed by atoms with Gasteiger partial charge in [0.15, 0.2) is 11.5 Å². The Morgan fingerprint density at radius 2 is 1.88 bits per heavy atom. The molecule has 130 valence electrons. The Morgan fingerprint density at radius 1 is 1.20 bits per heavy atom. The summed E-state index contributed by atoms with van der Waals surface area (Å²) >= 11 is 6.03. The van der Waals surface area contributed by atoms with E-state index in [1.54, 1.807) is 30.3 Å². The van der Waals surface area contributed by atoms with Gasteiger partial charge in [-0.2, -0.15) is 0 Å². The number of anilines is 1. The van der Waals surface area contributed by atoms with Gasteiger partial charge < -0.3 is 10.4 Å². The van der Waals surface area contributed by atoms with Crippen LogP contribution in [-0.4, -0.2) is 30.8 Å². The lowest BCUT2D eigenvalue weighted by Gasteiger charge is -2.28. The molecular formula is C17H15ClN2O4S. The number of halogens is 1. The largest absolute Gasteiger partial charge is 0.505 e. The number of nitrogens with one attached hydrogen (secondary N) is 1. The van der Waals surface area contributed by atoms with Gasteiger partial charge in [-0.25, -0.2) is 8.42 Å². The van der Waals surface area contributed by atoms with Gasteiger partial charge in [-0.3, -0.25) is 9.10 Å². The van der Waals surface area contributed by atoms with Crippen molar-refractivity contribution >= 4 is 39.0 Å². The monoisotopic (exact) mass is 378 g/mol. The lowest BCUT2D eigenvalue weighted by atomic mass is 10.1. The Labute approximate surface area is 150 Å². The maximum atomic E-state index is 12.6. The van der Waals surface area contributed by atoms with Gasteiger partial charge in [0, 0.05) is 23.3 Å². The van der Waals surface area contributed by atoms with E-state index in [0.717, 1.165) is 9.87 Å². The summed E-state index contributed by atoms with van der Waals surface area (Å²) in [5.74, 6) is -1.15. The van der Waals surface area contributed by atoms with Crippen molar-refractivity contribution in [1.82, 2.24) is 4.31 Å². The molecule has 0 unspecified atom stereocenters. The minimum atomic E-state index is -3.93. The number of amides is 1. The topological polar surface area (TPSA) is 86.7 Å². The van der Waals surface area contributed by atoms with Crippen LogP contribution in [0.2, 0.25) is 5.02 Å². The van der Waals surface area contributed by atoms with E-state index in [9.17, 15) is 18.3 Å². The average Bonchev–Trinajstić information content (AvgIpc) is 2.57. The van der Waals surface area contributed by atoms with E-state index in [-0.39, 0.29) is 16.2 Å². The molecule has 0 radical (unpaired) electrons. The molecule has 0 aliphatic carbocycles. The smallest absolute Gasteiger partial charge is 0.276 e. The Balaban J connectivity index is 2.06. The number of carbonyl (C=O) groups excluding carboxylic acids is 1. The van der Waals surface area contributed by atoms with Crippen LogP contribution < -0.4 is 5.32 Å².